The third-order valence-electron chi connectivity index (χ3n) is 0.532. The van der Waals surface area contributed by atoms with E-state index in [4.69, 9.17) is 0 Å². The number of rotatable bonds is 3. The van der Waals surface area contributed by atoms with Crippen LogP contribution in [-0.4, -0.2) is 14.2 Å². The molecule has 0 aromatic heterocycles. The molecule has 0 bridgehead atoms. The maximum atomic E-state index is 10.6. The van der Waals surface area contributed by atoms with Crippen LogP contribution in [0.1, 0.15) is 0 Å². The fourth-order valence-electron chi connectivity index (χ4n) is 0.131. The zero-order chi connectivity index (χ0) is 6.62. The molecule has 0 heterocycles. The highest BCUT2D eigenvalue weighted by Crippen LogP contribution is 2.49. The second-order valence-electron chi connectivity index (χ2n) is 0.881. The lowest BCUT2D eigenvalue weighted by Gasteiger charge is -2.06. The van der Waals surface area contributed by atoms with Crippen molar-refractivity contribution in [2.45, 2.75) is 0 Å². The van der Waals surface area contributed by atoms with E-state index in [1.807, 2.05) is 0 Å². The van der Waals surface area contributed by atoms with E-state index in [0.29, 0.717) is 0 Å². The molecule has 0 atom stereocenters. The van der Waals surface area contributed by atoms with Crippen molar-refractivity contribution in [2.75, 3.05) is 14.2 Å². The standard InChI is InChI=1S/C2H6BrO4P/c1-5-8(4,6-2)7-3/h1-2H3. The molecule has 0 spiro atoms. The van der Waals surface area contributed by atoms with E-state index in [-0.39, 0.29) is 0 Å². The van der Waals surface area contributed by atoms with Crippen molar-refractivity contribution in [3.05, 3.63) is 0 Å². The number of hydrogen-bond acceptors (Lipinski definition) is 4. The van der Waals surface area contributed by atoms with E-state index < -0.39 is 7.82 Å². The largest absolute Gasteiger partial charge is 0.485 e. The van der Waals surface area contributed by atoms with Crippen LogP contribution in [-0.2, 0) is 17.2 Å². The lowest BCUT2D eigenvalue weighted by atomic mass is 11.8. The van der Waals surface area contributed by atoms with E-state index >= 15 is 0 Å². The van der Waals surface area contributed by atoms with Crippen LogP contribution in [0.3, 0.4) is 0 Å². The Labute approximate surface area is 56.2 Å². The summed E-state index contributed by atoms with van der Waals surface area (Å²) < 4.78 is 23.4. The van der Waals surface area contributed by atoms with Gasteiger partial charge in [0.15, 0.2) is 0 Å². The van der Waals surface area contributed by atoms with Crippen molar-refractivity contribution in [1.29, 1.82) is 0 Å². The molecule has 50 valence electrons. The van der Waals surface area contributed by atoms with Crippen molar-refractivity contribution in [3.63, 3.8) is 0 Å². The molecular weight excluding hydrogens is 199 g/mol. The van der Waals surface area contributed by atoms with Crippen molar-refractivity contribution in [3.8, 4) is 0 Å². The minimum absolute atomic E-state index is 1.23. The number of phosphoric acid groups is 1. The van der Waals surface area contributed by atoms with Crippen LogP contribution in [0.5, 0.6) is 0 Å². The van der Waals surface area contributed by atoms with Crippen LogP contribution in [0.4, 0.5) is 0 Å². The van der Waals surface area contributed by atoms with Crippen LogP contribution >= 0.6 is 24.1 Å². The molecule has 0 aliphatic rings. The first-order chi connectivity index (χ1) is 3.68. The van der Waals surface area contributed by atoms with Gasteiger partial charge in [-0.15, -0.1) is 0 Å². The van der Waals surface area contributed by atoms with Crippen LogP contribution < -0.4 is 0 Å². The van der Waals surface area contributed by atoms with E-state index in [2.05, 4.69) is 28.9 Å². The van der Waals surface area contributed by atoms with Crippen molar-refractivity contribution in [1.82, 2.24) is 0 Å². The highest BCUT2D eigenvalue weighted by Gasteiger charge is 2.20. The van der Waals surface area contributed by atoms with Gasteiger partial charge in [0.05, 0.1) is 0 Å². The quantitative estimate of drug-likeness (QED) is 0.657. The predicted molar refractivity (Wildman–Crippen MR) is 31.6 cm³/mol. The summed E-state index contributed by atoms with van der Waals surface area (Å²) in [6.45, 7) is 0. The summed E-state index contributed by atoms with van der Waals surface area (Å²) in [7, 11) is -0.790. The average Bonchev–Trinajstić information content (AvgIpc) is 1.87. The van der Waals surface area contributed by atoms with Crippen molar-refractivity contribution in [2.24, 2.45) is 0 Å². The molecule has 0 saturated carbocycles. The molecule has 0 rings (SSSR count). The summed E-state index contributed by atoms with van der Waals surface area (Å²) in [6.07, 6.45) is 0. The van der Waals surface area contributed by atoms with E-state index in [1.54, 1.807) is 0 Å². The molecule has 0 N–H and O–H groups in total. The molecule has 6 heteroatoms. The van der Waals surface area contributed by atoms with Gasteiger partial charge in [0, 0.05) is 14.2 Å². The topological polar surface area (TPSA) is 44.8 Å². The maximum absolute atomic E-state index is 10.6. The third-order valence-corrected chi connectivity index (χ3v) is 2.66. The van der Waals surface area contributed by atoms with Crippen molar-refractivity contribution >= 4 is 24.1 Å². The highest BCUT2D eigenvalue weighted by molar-refractivity contribution is 9.06. The Morgan fingerprint density at radius 2 is 1.75 bits per heavy atom. The minimum atomic E-state index is -3.25. The van der Waals surface area contributed by atoms with Gasteiger partial charge in [0.2, 0.25) is 0 Å². The van der Waals surface area contributed by atoms with Crippen molar-refractivity contribution < 1.29 is 17.2 Å². The normalized spacial score (nSPS) is 11.9. The van der Waals surface area contributed by atoms with Gasteiger partial charge in [-0.05, 0) is 0 Å². The lowest BCUT2D eigenvalue weighted by molar-refractivity contribution is 0.224. The average molecular weight is 205 g/mol. The summed E-state index contributed by atoms with van der Waals surface area (Å²) >= 11 is 2.48. The summed E-state index contributed by atoms with van der Waals surface area (Å²) in [4.78, 5) is 0. The Morgan fingerprint density at radius 1 is 1.38 bits per heavy atom. The van der Waals surface area contributed by atoms with Crippen LogP contribution in [0.25, 0.3) is 0 Å². The zero-order valence-corrected chi connectivity index (χ0v) is 6.94. The molecule has 0 unspecified atom stereocenters. The Bertz CT molecular complexity index is 85.2. The molecule has 8 heavy (non-hydrogen) atoms. The molecule has 0 aromatic rings. The predicted octanol–water partition coefficient (Wildman–Crippen LogP) is 1.71. The van der Waals surface area contributed by atoms with Crippen LogP contribution in [0, 0.1) is 0 Å². The number of phosphoric ester groups is 1. The fraction of sp³-hybridized carbons (Fsp3) is 1.00. The smallest absolute Gasteiger partial charge is 0.290 e. The van der Waals surface area contributed by atoms with E-state index in [9.17, 15) is 4.57 Å². The third kappa shape index (κ3) is 2.24. The van der Waals surface area contributed by atoms with Crippen LogP contribution in [0.15, 0.2) is 0 Å². The molecule has 0 radical (unpaired) electrons. The SMILES string of the molecule is COP(=O)(OC)OBr. The Morgan fingerprint density at radius 3 is 1.75 bits per heavy atom. The summed E-state index contributed by atoms with van der Waals surface area (Å²) in [5.74, 6) is 0. The molecule has 0 amide bonds. The molecule has 0 aliphatic carbocycles. The monoisotopic (exact) mass is 204 g/mol. The Kier molecular flexibility index (Phi) is 3.85. The van der Waals surface area contributed by atoms with E-state index in [0.717, 1.165) is 0 Å². The van der Waals surface area contributed by atoms with Gasteiger partial charge in [-0.1, -0.05) is 0 Å². The Balaban J connectivity index is 3.79. The number of hydrogen-bond donors (Lipinski definition) is 0. The first-order valence-electron chi connectivity index (χ1n) is 1.70. The highest BCUT2D eigenvalue weighted by atomic mass is 79.9. The summed E-state index contributed by atoms with van der Waals surface area (Å²) in [6, 6.07) is 0. The molecular formula is C2H6BrO4P. The van der Waals surface area contributed by atoms with Gasteiger partial charge >= 0.3 is 7.82 Å². The second kappa shape index (κ2) is 3.58. The zero-order valence-electron chi connectivity index (χ0n) is 4.46. The van der Waals surface area contributed by atoms with Gasteiger partial charge < -0.3 is 0 Å². The summed E-state index contributed by atoms with van der Waals surface area (Å²) in [5, 5.41) is 0. The molecule has 4 nitrogen and oxygen atoms in total. The van der Waals surface area contributed by atoms with E-state index in [1.165, 1.54) is 14.2 Å². The van der Waals surface area contributed by atoms with Gasteiger partial charge in [0.1, 0.15) is 16.3 Å². The molecule has 0 saturated heterocycles. The van der Waals surface area contributed by atoms with Gasteiger partial charge in [-0.3, -0.25) is 9.05 Å². The minimum Gasteiger partial charge on any atom is -0.290 e. The van der Waals surface area contributed by atoms with Gasteiger partial charge in [-0.2, -0.15) is 0 Å². The van der Waals surface area contributed by atoms with Crippen LogP contribution in [0.2, 0.25) is 0 Å². The summed E-state index contributed by atoms with van der Waals surface area (Å²) in [5.41, 5.74) is 0. The molecule has 0 fully saturated rings. The second-order valence-corrected chi connectivity index (χ2v) is 3.51. The first kappa shape index (κ1) is 8.59. The molecule has 0 aromatic carbocycles. The lowest BCUT2D eigenvalue weighted by Crippen LogP contribution is -1.85. The molecule has 0 aliphatic heterocycles. The fourth-order valence-corrected chi connectivity index (χ4v) is 1.10. The van der Waals surface area contributed by atoms with Gasteiger partial charge in [0.25, 0.3) is 0 Å². The number of halogens is 1. The first-order valence-corrected chi connectivity index (χ1v) is 3.81. The Hall–Kier alpha value is 0.590. The van der Waals surface area contributed by atoms with Gasteiger partial charge in [-0.25, -0.2) is 8.18 Å². The maximum Gasteiger partial charge on any atom is 0.485 e.